The molecule has 0 saturated heterocycles. The van der Waals surface area contributed by atoms with E-state index in [0.29, 0.717) is 11.8 Å². The van der Waals surface area contributed by atoms with Crippen LogP contribution in [0.3, 0.4) is 0 Å². The van der Waals surface area contributed by atoms with E-state index in [4.69, 9.17) is 0 Å². The molecule has 6 aromatic rings. The van der Waals surface area contributed by atoms with Crippen molar-refractivity contribution in [3.8, 4) is 11.1 Å². The Balaban J connectivity index is 1.38. The van der Waals surface area contributed by atoms with Crippen LogP contribution in [0.25, 0.3) is 11.1 Å². The van der Waals surface area contributed by atoms with Gasteiger partial charge in [0.25, 0.3) is 0 Å². The van der Waals surface area contributed by atoms with E-state index in [9.17, 15) is 0 Å². The van der Waals surface area contributed by atoms with Gasteiger partial charge in [0.15, 0.2) is 0 Å². The molecule has 0 fully saturated rings. The topological polar surface area (TPSA) is 6.48 Å². The first-order chi connectivity index (χ1) is 24.9. The van der Waals surface area contributed by atoms with Gasteiger partial charge in [-0.15, -0.1) is 0 Å². The van der Waals surface area contributed by atoms with Gasteiger partial charge in [-0.2, -0.15) is 0 Å². The van der Waals surface area contributed by atoms with Crippen LogP contribution in [0.1, 0.15) is 72.2 Å². The summed E-state index contributed by atoms with van der Waals surface area (Å²) in [4.78, 5) is 4.85. The Kier molecular flexibility index (Phi) is 11.1. The molecule has 2 heteroatoms. The Bertz CT molecular complexity index is 2000. The summed E-state index contributed by atoms with van der Waals surface area (Å²) in [7, 11) is 0. The van der Waals surface area contributed by atoms with Gasteiger partial charge >= 0.3 is 0 Å². The molecular formula is C50H56N2. The Hall–Kier alpha value is -5.08. The number of nitrogens with zero attached hydrogens (tertiary/aromatic N) is 2. The number of hydrogen-bond acceptors (Lipinski definition) is 2. The van der Waals surface area contributed by atoms with E-state index >= 15 is 0 Å². The molecule has 0 aliphatic heterocycles. The van der Waals surface area contributed by atoms with Gasteiger partial charge < -0.3 is 9.80 Å². The number of aryl methyl sites for hydroxylation is 6. The monoisotopic (exact) mass is 684 g/mol. The molecule has 0 aliphatic carbocycles. The first-order valence-electron chi connectivity index (χ1n) is 19.0. The van der Waals surface area contributed by atoms with E-state index < -0.39 is 0 Å². The van der Waals surface area contributed by atoms with Gasteiger partial charge in [-0.1, -0.05) is 99.5 Å². The van der Waals surface area contributed by atoms with Crippen LogP contribution in [0, 0.1) is 53.4 Å². The fraction of sp³-hybridized carbons (Fsp3) is 0.280. The summed E-state index contributed by atoms with van der Waals surface area (Å²) in [6.07, 6.45) is 2.17. The Morgan fingerprint density at radius 1 is 0.365 bits per heavy atom. The van der Waals surface area contributed by atoms with Crippen LogP contribution in [-0.2, 0) is 12.8 Å². The van der Waals surface area contributed by atoms with Crippen molar-refractivity contribution >= 4 is 34.1 Å². The average Bonchev–Trinajstić information content (AvgIpc) is 3.09. The average molecular weight is 685 g/mol. The Labute approximate surface area is 313 Å². The lowest BCUT2D eigenvalue weighted by Gasteiger charge is -2.30. The second kappa shape index (κ2) is 15.7. The smallest absolute Gasteiger partial charge is 0.0491 e. The maximum atomic E-state index is 2.43. The maximum Gasteiger partial charge on any atom is 0.0491 e. The highest BCUT2D eigenvalue weighted by Crippen LogP contribution is 2.42. The molecule has 0 amide bonds. The lowest BCUT2D eigenvalue weighted by Crippen LogP contribution is -2.13. The molecule has 6 aromatic carbocycles. The van der Waals surface area contributed by atoms with E-state index in [-0.39, 0.29) is 0 Å². The standard InChI is InChI=1S/C50H56N2/c1-33(2)27-41-13-19-45(20-14-41)51(47-23-11-35(5)29-37(47)7)49-25-17-43(31-39(49)9)44-18-26-50(40(10)32-44)52(48-24-12-36(6)30-38(48)8)46-21-15-42(16-22-46)28-34(3)4/h11-26,29-34H,27-28H2,1-10H3. The molecule has 6 rings (SSSR count). The molecule has 2 nitrogen and oxygen atoms in total. The highest BCUT2D eigenvalue weighted by Gasteiger charge is 2.20. The zero-order valence-electron chi connectivity index (χ0n) is 33.0. The third kappa shape index (κ3) is 8.18. The van der Waals surface area contributed by atoms with Gasteiger partial charge in [0, 0.05) is 34.1 Å². The predicted octanol–water partition coefficient (Wildman–Crippen LogP) is 14.5. The molecule has 0 aromatic heterocycles. The van der Waals surface area contributed by atoms with Crippen LogP contribution in [0.4, 0.5) is 34.1 Å². The third-order valence-corrected chi connectivity index (χ3v) is 10.1. The van der Waals surface area contributed by atoms with Gasteiger partial charge in [-0.05, 0) is 171 Å². The van der Waals surface area contributed by atoms with Crippen LogP contribution in [0.15, 0.2) is 121 Å². The van der Waals surface area contributed by atoms with E-state index in [0.717, 1.165) is 12.8 Å². The SMILES string of the molecule is Cc1ccc(N(c2ccc(CC(C)C)cc2)c2ccc(-c3ccc(N(c4ccc(CC(C)C)cc4)c4ccc(C)cc4C)c(C)c3)cc2C)c(C)c1. The van der Waals surface area contributed by atoms with Crippen molar-refractivity contribution in [1.82, 2.24) is 0 Å². The summed E-state index contributed by atoms with van der Waals surface area (Å²) >= 11 is 0. The summed E-state index contributed by atoms with van der Waals surface area (Å²) in [6.45, 7) is 22.4. The lowest BCUT2D eigenvalue weighted by atomic mass is 9.97. The molecule has 0 N–H and O–H groups in total. The highest BCUT2D eigenvalue weighted by atomic mass is 15.2. The van der Waals surface area contributed by atoms with Crippen molar-refractivity contribution in [2.45, 2.75) is 82.1 Å². The fourth-order valence-electron chi connectivity index (χ4n) is 7.61. The number of anilines is 6. The summed E-state index contributed by atoms with van der Waals surface area (Å²) in [5, 5.41) is 0. The van der Waals surface area contributed by atoms with Crippen molar-refractivity contribution in [2.75, 3.05) is 9.80 Å². The maximum absolute atomic E-state index is 2.43. The summed E-state index contributed by atoms with van der Waals surface area (Å²) in [6, 6.07) is 45.7. The fourth-order valence-corrected chi connectivity index (χ4v) is 7.61. The van der Waals surface area contributed by atoms with Crippen LogP contribution in [0.2, 0.25) is 0 Å². The molecule has 0 unspecified atom stereocenters. The predicted molar refractivity (Wildman–Crippen MR) is 227 cm³/mol. The summed E-state index contributed by atoms with van der Waals surface area (Å²) in [5.41, 5.74) is 19.9. The molecule has 0 spiro atoms. The van der Waals surface area contributed by atoms with Crippen molar-refractivity contribution in [3.63, 3.8) is 0 Å². The number of hydrogen-bond donors (Lipinski definition) is 0. The normalized spacial score (nSPS) is 11.4. The molecule has 0 saturated carbocycles. The largest absolute Gasteiger partial charge is 0.310 e. The van der Waals surface area contributed by atoms with E-state index in [1.807, 2.05) is 0 Å². The Morgan fingerprint density at radius 3 is 0.962 bits per heavy atom. The molecule has 0 radical (unpaired) electrons. The van der Waals surface area contributed by atoms with Gasteiger partial charge in [0.2, 0.25) is 0 Å². The Morgan fingerprint density at radius 2 is 0.673 bits per heavy atom. The molecule has 0 bridgehead atoms. The van der Waals surface area contributed by atoms with Gasteiger partial charge in [0.1, 0.15) is 0 Å². The second-order valence-corrected chi connectivity index (χ2v) is 15.8. The molecular weight excluding hydrogens is 629 g/mol. The van der Waals surface area contributed by atoms with Crippen molar-refractivity contribution < 1.29 is 0 Å². The van der Waals surface area contributed by atoms with E-state index in [2.05, 4.69) is 200 Å². The molecule has 0 atom stereocenters. The molecule has 0 heterocycles. The summed E-state index contributed by atoms with van der Waals surface area (Å²) in [5.74, 6) is 1.26. The van der Waals surface area contributed by atoms with Crippen molar-refractivity contribution in [2.24, 2.45) is 11.8 Å². The minimum atomic E-state index is 0.629. The minimum Gasteiger partial charge on any atom is -0.310 e. The molecule has 0 aliphatic rings. The molecule has 52 heavy (non-hydrogen) atoms. The summed E-state index contributed by atoms with van der Waals surface area (Å²) < 4.78 is 0. The van der Waals surface area contributed by atoms with Crippen molar-refractivity contribution in [3.05, 3.63) is 166 Å². The van der Waals surface area contributed by atoms with Gasteiger partial charge in [-0.25, -0.2) is 0 Å². The van der Waals surface area contributed by atoms with Crippen LogP contribution in [-0.4, -0.2) is 0 Å². The van der Waals surface area contributed by atoms with Crippen molar-refractivity contribution in [1.29, 1.82) is 0 Å². The van der Waals surface area contributed by atoms with Crippen LogP contribution >= 0.6 is 0 Å². The minimum absolute atomic E-state index is 0.629. The van der Waals surface area contributed by atoms with Gasteiger partial charge in [0.05, 0.1) is 0 Å². The molecule has 266 valence electrons. The first kappa shape index (κ1) is 36.7. The van der Waals surface area contributed by atoms with Crippen LogP contribution < -0.4 is 9.80 Å². The zero-order valence-corrected chi connectivity index (χ0v) is 33.0. The number of benzene rings is 6. The quantitative estimate of drug-likeness (QED) is 0.134. The van der Waals surface area contributed by atoms with E-state index in [1.54, 1.807) is 0 Å². The highest BCUT2D eigenvalue weighted by molar-refractivity contribution is 5.84. The zero-order chi connectivity index (χ0) is 37.1. The van der Waals surface area contributed by atoms with E-state index in [1.165, 1.54) is 89.8 Å². The van der Waals surface area contributed by atoms with Crippen LogP contribution in [0.5, 0.6) is 0 Å². The second-order valence-electron chi connectivity index (χ2n) is 15.8. The lowest BCUT2D eigenvalue weighted by molar-refractivity contribution is 0.647. The number of rotatable bonds is 11. The third-order valence-electron chi connectivity index (χ3n) is 10.1. The van der Waals surface area contributed by atoms with Gasteiger partial charge in [-0.3, -0.25) is 0 Å². The first-order valence-corrected chi connectivity index (χ1v) is 19.0.